The van der Waals surface area contributed by atoms with E-state index in [0.29, 0.717) is 17.0 Å². The van der Waals surface area contributed by atoms with Crippen LogP contribution in [0.3, 0.4) is 0 Å². The highest BCUT2D eigenvalue weighted by Gasteiger charge is 2.31. The summed E-state index contributed by atoms with van der Waals surface area (Å²) in [5, 5.41) is 0.421. The van der Waals surface area contributed by atoms with Crippen molar-refractivity contribution in [3.63, 3.8) is 0 Å². The lowest BCUT2D eigenvalue weighted by atomic mass is 9.99. The van der Waals surface area contributed by atoms with Crippen LogP contribution in [0.2, 0.25) is 0 Å². The molecule has 1 atom stereocenters. The van der Waals surface area contributed by atoms with Crippen LogP contribution in [-0.4, -0.2) is 18.9 Å². The number of esters is 1. The fourth-order valence-corrected chi connectivity index (χ4v) is 1.46. The molecule has 12 heavy (non-hydrogen) atoms. The molecule has 4 heteroatoms. The molecule has 1 saturated heterocycles. The lowest BCUT2D eigenvalue weighted by molar-refractivity contribution is -0.135. The van der Waals surface area contributed by atoms with Crippen molar-refractivity contribution in [3.8, 4) is 0 Å². The van der Waals surface area contributed by atoms with Crippen LogP contribution in [0.1, 0.15) is 13.3 Å². The average molecular weight is 189 g/mol. The van der Waals surface area contributed by atoms with Gasteiger partial charge in [0, 0.05) is 17.4 Å². The quantitative estimate of drug-likeness (QED) is 0.372. The number of aldehydes is 1. The van der Waals surface area contributed by atoms with Crippen molar-refractivity contribution in [2.24, 2.45) is 5.92 Å². The van der Waals surface area contributed by atoms with E-state index in [1.54, 1.807) is 6.92 Å². The van der Waals surface area contributed by atoms with Crippen LogP contribution in [0.4, 0.5) is 0 Å². The van der Waals surface area contributed by atoms with Gasteiger partial charge in [0.1, 0.15) is 6.29 Å². The van der Waals surface area contributed by atoms with Gasteiger partial charge in [-0.05, 0) is 6.92 Å². The number of carbonyl (C=O) groups is 2. The molecule has 1 heterocycles. The fraction of sp³-hybridized carbons (Fsp3) is 0.500. The molecule has 1 rings (SSSR count). The maximum Gasteiger partial charge on any atom is 0.335 e. The van der Waals surface area contributed by atoms with Gasteiger partial charge in [-0.25, -0.2) is 4.79 Å². The van der Waals surface area contributed by atoms with E-state index in [4.69, 9.17) is 16.3 Å². The van der Waals surface area contributed by atoms with Gasteiger partial charge in [-0.1, -0.05) is 11.6 Å². The second-order valence-corrected chi connectivity index (χ2v) is 3.21. The molecule has 1 aliphatic rings. The molecule has 3 nitrogen and oxygen atoms in total. The van der Waals surface area contributed by atoms with E-state index >= 15 is 0 Å². The minimum Gasteiger partial charge on any atom is -0.462 e. The Morgan fingerprint density at radius 1 is 1.83 bits per heavy atom. The van der Waals surface area contributed by atoms with Gasteiger partial charge >= 0.3 is 5.97 Å². The Labute approximate surface area is 75.3 Å². The largest absolute Gasteiger partial charge is 0.462 e. The van der Waals surface area contributed by atoms with E-state index in [1.165, 1.54) is 0 Å². The van der Waals surface area contributed by atoms with Gasteiger partial charge in [0.05, 0.1) is 12.2 Å². The lowest BCUT2D eigenvalue weighted by Crippen LogP contribution is -2.05. The van der Waals surface area contributed by atoms with Gasteiger partial charge in [0.15, 0.2) is 0 Å². The fourth-order valence-electron chi connectivity index (χ4n) is 1.23. The first-order valence-electron chi connectivity index (χ1n) is 3.64. The molecule has 0 aliphatic carbocycles. The average Bonchev–Trinajstić information content (AvgIpc) is 2.32. The summed E-state index contributed by atoms with van der Waals surface area (Å²) in [5.74, 6) is -0.540. The van der Waals surface area contributed by atoms with Gasteiger partial charge < -0.3 is 9.53 Å². The highest BCUT2D eigenvalue weighted by molar-refractivity contribution is 6.31. The lowest BCUT2D eigenvalue weighted by Gasteiger charge is -2.02. The molecule has 0 spiro atoms. The highest BCUT2D eigenvalue weighted by atomic mass is 35.5. The van der Waals surface area contributed by atoms with Crippen molar-refractivity contribution >= 4 is 23.9 Å². The van der Waals surface area contributed by atoms with E-state index in [1.807, 2.05) is 0 Å². The Hall–Kier alpha value is -0.830. The molecule has 0 N–H and O–H groups in total. The second kappa shape index (κ2) is 3.72. The molecule has 0 aromatic heterocycles. The van der Waals surface area contributed by atoms with Crippen LogP contribution in [0.5, 0.6) is 0 Å². The maximum absolute atomic E-state index is 11.0. The molecule has 66 valence electrons. The van der Waals surface area contributed by atoms with E-state index in [2.05, 4.69) is 0 Å². The minimum atomic E-state index is -0.394. The SMILES string of the molecule is C/C(Cl)=C1\C(=O)OCC1CC=O. The van der Waals surface area contributed by atoms with Gasteiger partial charge in [0.25, 0.3) is 0 Å². The van der Waals surface area contributed by atoms with Crippen LogP contribution in [0.25, 0.3) is 0 Å². The van der Waals surface area contributed by atoms with Gasteiger partial charge in [-0.2, -0.15) is 0 Å². The van der Waals surface area contributed by atoms with Crippen molar-refractivity contribution in [2.75, 3.05) is 6.61 Å². The standard InChI is InChI=1S/C8H9ClO3/c1-5(9)7-6(2-3-10)4-12-8(7)11/h3,6H,2,4H2,1H3/b7-5+. The molecule has 0 aromatic carbocycles. The third-order valence-electron chi connectivity index (χ3n) is 1.80. The van der Waals surface area contributed by atoms with Gasteiger partial charge in [-0.15, -0.1) is 0 Å². The first kappa shape index (κ1) is 9.26. The van der Waals surface area contributed by atoms with Crippen LogP contribution in [-0.2, 0) is 14.3 Å². The topological polar surface area (TPSA) is 43.4 Å². The molecule has 1 unspecified atom stereocenters. The molecule has 0 radical (unpaired) electrons. The third-order valence-corrected chi connectivity index (χ3v) is 2.00. The first-order valence-corrected chi connectivity index (χ1v) is 4.01. The van der Waals surface area contributed by atoms with Crippen LogP contribution < -0.4 is 0 Å². The Balaban J connectivity index is 2.85. The van der Waals surface area contributed by atoms with E-state index in [-0.39, 0.29) is 12.5 Å². The van der Waals surface area contributed by atoms with Gasteiger partial charge in [0.2, 0.25) is 0 Å². The molecule has 1 fully saturated rings. The van der Waals surface area contributed by atoms with Crippen molar-refractivity contribution < 1.29 is 14.3 Å². The van der Waals surface area contributed by atoms with E-state index < -0.39 is 5.97 Å². The van der Waals surface area contributed by atoms with E-state index in [9.17, 15) is 9.59 Å². The minimum absolute atomic E-state index is 0.146. The zero-order valence-corrected chi connectivity index (χ0v) is 7.43. The normalized spacial score (nSPS) is 26.8. The van der Waals surface area contributed by atoms with E-state index in [0.717, 1.165) is 6.29 Å². The zero-order valence-electron chi connectivity index (χ0n) is 6.67. The molecule has 0 bridgehead atoms. The number of carbonyl (C=O) groups excluding carboxylic acids is 2. The van der Waals surface area contributed by atoms with Crippen molar-refractivity contribution in [1.82, 2.24) is 0 Å². The second-order valence-electron chi connectivity index (χ2n) is 2.64. The number of hydrogen-bond donors (Lipinski definition) is 0. The summed E-state index contributed by atoms with van der Waals surface area (Å²) in [6.45, 7) is 1.90. The molecule has 0 aromatic rings. The maximum atomic E-state index is 11.0. The van der Waals surface area contributed by atoms with Crippen molar-refractivity contribution in [2.45, 2.75) is 13.3 Å². The van der Waals surface area contributed by atoms with Crippen molar-refractivity contribution in [3.05, 3.63) is 10.6 Å². The Morgan fingerprint density at radius 3 is 3.00 bits per heavy atom. The first-order chi connectivity index (χ1) is 5.66. The zero-order chi connectivity index (χ0) is 9.14. The van der Waals surface area contributed by atoms with Crippen molar-refractivity contribution in [1.29, 1.82) is 0 Å². The summed E-state index contributed by atoms with van der Waals surface area (Å²) in [5.41, 5.74) is 0.448. The molecule has 0 saturated carbocycles. The monoisotopic (exact) mass is 188 g/mol. The summed E-state index contributed by atoms with van der Waals surface area (Å²) in [6, 6.07) is 0. The number of ether oxygens (including phenoxy) is 1. The summed E-state index contributed by atoms with van der Waals surface area (Å²) in [7, 11) is 0. The predicted molar refractivity (Wildman–Crippen MR) is 43.7 cm³/mol. The van der Waals surface area contributed by atoms with Crippen LogP contribution in [0, 0.1) is 5.92 Å². The Morgan fingerprint density at radius 2 is 2.50 bits per heavy atom. The number of cyclic esters (lactones) is 1. The molecular weight excluding hydrogens is 180 g/mol. The summed E-state index contributed by atoms with van der Waals surface area (Å²) in [4.78, 5) is 21.2. The predicted octanol–water partition coefficient (Wildman–Crippen LogP) is 1.26. The summed E-state index contributed by atoms with van der Waals surface area (Å²) >= 11 is 5.67. The third kappa shape index (κ3) is 1.67. The highest BCUT2D eigenvalue weighted by Crippen LogP contribution is 2.27. The molecular formula is C8H9ClO3. The molecule has 0 amide bonds. The van der Waals surface area contributed by atoms with Crippen LogP contribution in [0.15, 0.2) is 10.6 Å². The summed E-state index contributed by atoms with van der Waals surface area (Å²) < 4.78 is 4.75. The number of allylic oxidation sites excluding steroid dienone is 1. The number of rotatable bonds is 2. The number of hydrogen-bond acceptors (Lipinski definition) is 3. The Kier molecular flexibility index (Phi) is 2.87. The molecule has 1 aliphatic heterocycles. The number of halogens is 1. The van der Waals surface area contributed by atoms with Gasteiger partial charge in [-0.3, -0.25) is 0 Å². The van der Waals surface area contributed by atoms with Crippen LogP contribution >= 0.6 is 11.6 Å². The smallest absolute Gasteiger partial charge is 0.335 e. The Bertz CT molecular complexity index is 241. The summed E-state index contributed by atoms with van der Waals surface area (Å²) in [6.07, 6.45) is 1.07.